The quantitative estimate of drug-likeness (QED) is 0.607. The number of ether oxygens (including phenoxy) is 1. The van der Waals surface area contributed by atoms with Crippen LogP contribution >= 0.6 is 0 Å². The molecule has 1 saturated heterocycles. The van der Waals surface area contributed by atoms with Crippen LogP contribution in [0.3, 0.4) is 0 Å². The minimum Gasteiger partial charge on any atom is -0.496 e. The third kappa shape index (κ3) is 5.33. The van der Waals surface area contributed by atoms with Gasteiger partial charge in [-0.15, -0.1) is 0 Å². The molecule has 1 aliphatic heterocycles. The van der Waals surface area contributed by atoms with Crippen molar-refractivity contribution in [2.45, 2.75) is 20.0 Å². The Morgan fingerprint density at radius 3 is 2.59 bits per heavy atom. The summed E-state index contributed by atoms with van der Waals surface area (Å²) in [5, 5.41) is 2.56. The second kappa shape index (κ2) is 9.93. The lowest BCUT2D eigenvalue weighted by atomic mass is 10.1. The standard InChI is InChI=1S/C24H27FN4O3/c1-17-7-8-19(25)20(13-17)27-24(30)21-16-32-23(26-21)15-29-11-9-28(10-12-29)14-18-5-3-4-6-22(18)31-2/h3-8,13,16H,9-12,14-15H2,1-2H3,(H,27,30). The Morgan fingerprint density at radius 1 is 1.12 bits per heavy atom. The Labute approximate surface area is 186 Å². The van der Waals surface area contributed by atoms with Crippen LogP contribution in [0.4, 0.5) is 10.1 Å². The van der Waals surface area contributed by atoms with Gasteiger partial charge in [0.15, 0.2) is 5.69 Å². The van der Waals surface area contributed by atoms with Crippen molar-refractivity contribution in [3.8, 4) is 5.75 Å². The molecule has 0 saturated carbocycles. The topological polar surface area (TPSA) is 70.8 Å². The Morgan fingerprint density at radius 2 is 1.84 bits per heavy atom. The normalized spacial score (nSPS) is 15.0. The molecule has 1 aromatic heterocycles. The van der Waals surface area contributed by atoms with E-state index in [0.29, 0.717) is 12.4 Å². The lowest BCUT2D eigenvalue weighted by Gasteiger charge is -2.34. The van der Waals surface area contributed by atoms with Gasteiger partial charge in [0.1, 0.15) is 17.8 Å². The molecule has 0 atom stereocenters. The fourth-order valence-corrected chi connectivity index (χ4v) is 3.78. The van der Waals surface area contributed by atoms with Gasteiger partial charge in [-0.2, -0.15) is 0 Å². The van der Waals surface area contributed by atoms with Crippen LogP contribution in [0.25, 0.3) is 0 Å². The fraction of sp³-hybridized carbons (Fsp3) is 0.333. The van der Waals surface area contributed by atoms with E-state index >= 15 is 0 Å². The predicted molar refractivity (Wildman–Crippen MR) is 119 cm³/mol. The number of aryl methyl sites for hydroxylation is 1. The lowest BCUT2D eigenvalue weighted by molar-refractivity contribution is 0.102. The van der Waals surface area contributed by atoms with Crippen molar-refractivity contribution in [2.75, 3.05) is 38.6 Å². The number of aromatic nitrogens is 1. The Hall–Kier alpha value is -3.23. The number of piperazine rings is 1. The number of nitrogens with one attached hydrogen (secondary N) is 1. The highest BCUT2D eigenvalue weighted by Crippen LogP contribution is 2.21. The molecule has 0 spiro atoms. The SMILES string of the molecule is COc1ccccc1CN1CCN(Cc2nc(C(=O)Nc3cc(C)ccc3F)co2)CC1. The zero-order chi connectivity index (χ0) is 22.5. The molecule has 0 bridgehead atoms. The molecule has 7 nitrogen and oxygen atoms in total. The number of para-hydroxylation sites is 1. The number of carbonyl (C=O) groups excluding carboxylic acids is 1. The van der Waals surface area contributed by atoms with Crippen molar-refractivity contribution in [3.05, 3.63) is 77.3 Å². The maximum Gasteiger partial charge on any atom is 0.277 e. The number of oxazole rings is 1. The smallest absolute Gasteiger partial charge is 0.277 e. The highest BCUT2D eigenvalue weighted by Gasteiger charge is 2.21. The molecular formula is C24H27FN4O3. The minimum atomic E-state index is -0.494. The molecule has 0 aliphatic carbocycles. The summed E-state index contributed by atoms with van der Waals surface area (Å²) in [7, 11) is 1.69. The summed E-state index contributed by atoms with van der Waals surface area (Å²) in [6.07, 6.45) is 1.32. The second-order valence-electron chi connectivity index (χ2n) is 7.93. The van der Waals surface area contributed by atoms with Crippen LogP contribution in [0.5, 0.6) is 5.75 Å². The van der Waals surface area contributed by atoms with Crippen molar-refractivity contribution in [3.63, 3.8) is 0 Å². The first-order valence-electron chi connectivity index (χ1n) is 10.6. The molecule has 168 valence electrons. The predicted octanol–water partition coefficient (Wildman–Crippen LogP) is 3.70. The Bertz CT molecular complexity index is 1080. The molecule has 0 unspecified atom stereocenters. The van der Waals surface area contributed by atoms with Crippen molar-refractivity contribution in [1.82, 2.24) is 14.8 Å². The highest BCUT2D eigenvalue weighted by atomic mass is 19.1. The Kier molecular flexibility index (Phi) is 6.82. The van der Waals surface area contributed by atoms with Gasteiger partial charge < -0.3 is 14.5 Å². The summed E-state index contributed by atoms with van der Waals surface area (Å²) < 4.78 is 24.8. The zero-order valence-electron chi connectivity index (χ0n) is 18.3. The number of benzene rings is 2. The maximum absolute atomic E-state index is 13.9. The molecule has 3 aromatic rings. The minimum absolute atomic E-state index is 0.130. The van der Waals surface area contributed by atoms with Crippen LogP contribution in [0.15, 0.2) is 53.1 Å². The van der Waals surface area contributed by atoms with Gasteiger partial charge in [-0.1, -0.05) is 24.3 Å². The summed E-state index contributed by atoms with van der Waals surface area (Å²) in [4.78, 5) is 21.3. The van der Waals surface area contributed by atoms with Gasteiger partial charge in [-0.05, 0) is 30.7 Å². The van der Waals surface area contributed by atoms with Crippen LogP contribution in [0, 0.1) is 12.7 Å². The van der Waals surface area contributed by atoms with Gasteiger partial charge in [0.05, 0.1) is 19.3 Å². The summed E-state index contributed by atoms with van der Waals surface area (Å²) in [5.74, 6) is 0.397. The van der Waals surface area contributed by atoms with Crippen molar-refractivity contribution in [2.24, 2.45) is 0 Å². The van der Waals surface area contributed by atoms with E-state index in [1.54, 1.807) is 19.2 Å². The number of halogens is 1. The second-order valence-corrected chi connectivity index (χ2v) is 7.93. The maximum atomic E-state index is 13.9. The van der Waals surface area contributed by atoms with E-state index in [0.717, 1.165) is 44.0 Å². The molecular weight excluding hydrogens is 411 g/mol. The van der Waals surface area contributed by atoms with Crippen LogP contribution in [0.1, 0.15) is 27.5 Å². The summed E-state index contributed by atoms with van der Waals surface area (Å²) >= 11 is 0. The van der Waals surface area contributed by atoms with E-state index < -0.39 is 11.7 Å². The van der Waals surface area contributed by atoms with Gasteiger partial charge in [-0.25, -0.2) is 9.37 Å². The Balaban J connectivity index is 1.29. The fourth-order valence-electron chi connectivity index (χ4n) is 3.78. The van der Waals surface area contributed by atoms with Crippen molar-refractivity contribution < 1.29 is 18.3 Å². The third-order valence-electron chi connectivity index (χ3n) is 5.56. The van der Waals surface area contributed by atoms with E-state index in [9.17, 15) is 9.18 Å². The van der Waals surface area contributed by atoms with Crippen LogP contribution in [-0.2, 0) is 13.1 Å². The monoisotopic (exact) mass is 438 g/mol. The van der Waals surface area contributed by atoms with Gasteiger partial charge in [-0.3, -0.25) is 14.6 Å². The number of methoxy groups -OCH3 is 1. The first kappa shape index (κ1) is 22.0. The first-order chi connectivity index (χ1) is 15.5. The summed E-state index contributed by atoms with van der Waals surface area (Å²) in [6.45, 7) is 6.77. The van der Waals surface area contributed by atoms with Crippen LogP contribution in [0.2, 0.25) is 0 Å². The van der Waals surface area contributed by atoms with E-state index in [-0.39, 0.29) is 11.4 Å². The zero-order valence-corrected chi connectivity index (χ0v) is 18.3. The van der Waals surface area contributed by atoms with Crippen LogP contribution in [-0.4, -0.2) is 54.0 Å². The molecule has 2 aromatic carbocycles. The van der Waals surface area contributed by atoms with Crippen molar-refractivity contribution >= 4 is 11.6 Å². The van der Waals surface area contributed by atoms with Gasteiger partial charge in [0.2, 0.25) is 5.89 Å². The molecule has 8 heteroatoms. The van der Waals surface area contributed by atoms with Gasteiger partial charge >= 0.3 is 0 Å². The first-order valence-corrected chi connectivity index (χ1v) is 10.6. The average molecular weight is 439 g/mol. The van der Waals surface area contributed by atoms with E-state index in [1.165, 1.54) is 17.9 Å². The number of amides is 1. The third-order valence-corrected chi connectivity index (χ3v) is 5.56. The number of anilines is 1. The van der Waals surface area contributed by atoms with Gasteiger partial charge in [0.25, 0.3) is 5.91 Å². The summed E-state index contributed by atoms with van der Waals surface area (Å²) in [6, 6.07) is 12.6. The highest BCUT2D eigenvalue weighted by molar-refractivity contribution is 6.02. The summed E-state index contributed by atoms with van der Waals surface area (Å²) in [5.41, 5.74) is 2.30. The van der Waals surface area contributed by atoms with Gasteiger partial charge in [0, 0.05) is 38.3 Å². The number of carbonyl (C=O) groups is 1. The molecule has 4 rings (SSSR count). The molecule has 1 amide bonds. The van der Waals surface area contributed by atoms with Crippen LogP contribution < -0.4 is 10.1 Å². The van der Waals surface area contributed by atoms with E-state index in [2.05, 4.69) is 26.2 Å². The van der Waals surface area contributed by atoms with E-state index in [4.69, 9.17) is 9.15 Å². The molecule has 1 aliphatic rings. The largest absolute Gasteiger partial charge is 0.496 e. The lowest BCUT2D eigenvalue weighted by Crippen LogP contribution is -2.45. The molecule has 2 heterocycles. The molecule has 32 heavy (non-hydrogen) atoms. The number of nitrogens with zero attached hydrogens (tertiary/aromatic N) is 3. The van der Waals surface area contributed by atoms with E-state index in [1.807, 2.05) is 25.1 Å². The average Bonchev–Trinajstić information content (AvgIpc) is 3.27. The number of rotatable bonds is 7. The number of hydrogen-bond acceptors (Lipinski definition) is 6. The number of hydrogen-bond donors (Lipinski definition) is 1. The molecule has 0 radical (unpaired) electrons. The molecule has 1 N–H and O–H groups in total. The molecule has 1 fully saturated rings. The van der Waals surface area contributed by atoms with Crippen molar-refractivity contribution in [1.29, 1.82) is 0 Å².